The van der Waals surface area contributed by atoms with Crippen molar-refractivity contribution in [3.8, 4) is 5.75 Å². The first-order valence-corrected chi connectivity index (χ1v) is 8.76. The van der Waals surface area contributed by atoms with Gasteiger partial charge in [0.2, 0.25) is 5.91 Å². The van der Waals surface area contributed by atoms with Gasteiger partial charge in [0.1, 0.15) is 5.75 Å². The molecule has 0 aromatic heterocycles. The van der Waals surface area contributed by atoms with E-state index in [1.807, 2.05) is 24.3 Å². The monoisotopic (exact) mass is 417 g/mol. The fourth-order valence-electron chi connectivity index (χ4n) is 2.09. The van der Waals surface area contributed by atoms with Gasteiger partial charge in [-0.25, -0.2) is 5.43 Å². The lowest BCUT2D eigenvalue weighted by Crippen LogP contribution is -2.26. The van der Waals surface area contributed by atoms with E-state index in [2.05, 4.69) is 31.8 Å². The number of methoxy groups -OCH3 is 1. The highest BCUT2D eigenvalue weighted by Gasteiger charge is 2.07. The molecule has 2 aromatic rings. The molecule has 26 heavy (non-hydrogen) atoms. The van der Waals surface area contributed by atoms with Gasteiger partial charge in [-0.1, -0.05) is 28.1 Å². The summed E-state index contributed by atoms with van der Waals surface area (Å²) in [5.41, 5.74) is 4.43. The molecule has 2 N–H and O–H groups in total. The number of rotatable bonds is 7. The number of carbonyl (C=O) groups excluding carboxylic acids is 2. The second kappa shape index (κ2) is 9.72. The quantitative estimate of drug-likeness (QED) is 0.535. The maximum absolute atomic E-state index is 12.0. The Balaban J connectivity index is 1.78. The molecule has 2 rings (SSSR count). The van der Waals surface area contributed by atoms with Crippen LogP contribution < -0.4 is 15.5 Å². The number of hydrogen-bond donors (Lipinski definition) is 2. The second-order valence-electron chi connectivity index (χ2n) is 5.60. The van der Waals surface area contributed by atoms with Gasteiger partial charge in [0, 0.05) is 22.3 Å². The van der Waals surface area contributed by atoms with Crippen molar-refractivity contribution in [2.24, 2.45) is 5.10 Å². The Morgan fingerprint density at radius 1 is 1.08 bits per heavy atom. The molecular weight excluding hydrogens is 398 g/mol. The zero-order chi connectivity index (χ0) is 18.9. The van der Waals surface area contributed by atoms with Crippen molar-refractivity contribution in [3.63, 3.8) is 0 Å². The van der Waals surface area contributed by atoms with Gasteiger partial charge in [-0.15, -0.1) is 0 Å². The molecule has 6 nitrogen and oxygen atoms in total. The highest BCUT2D eigenvalue weighted by atomic mass is 79.9. The number of nitrogens with one attached hydrogen (secondary N) is 2. The first kappa shape index (κ1) is 19.7. The third kappa shape index (κ3) is 6.33. The zero-order valence-electron chi connectivity index (χ0n) is 14.6. The van der Waals surface area contributed by atoms with Crippen LogP contribution in [0.15, 0.2) is 58.1 Å². The van der Waals surface area contributed by atoms with Crippen LogP contribution in [0.2, 0.25) is 0 Å². The third-order valence-electron chi connectivity index (χ3n) is 3.52. The smallest absolute Gasteiger partial charge is 0.271 e. The van der Waals surface area contributed by atoms with Crippen LogP contribution in [0.25, 0.3) is 0 Å². The standard InChI is InChI=1S/C19H20BrN3O3/c1-13(22-23-19(25)15-5-7-16(20)8-6-15)11-18(24)21-12-14-3-9-17(26-2)10-4-14/h3-10H,11-12H2,1-2H3,(H,21,24)(H,23,25)/b22-13+. The number of carbonyl (C=O) groups is 2. The van der Waals surface area contributed by atoms with E-state index < -0.39 is 0 Å². The molecule has 0 saturated carbocycles. The topological polar surface area (TPSA) is 79.8 Å². The SMILES string of the molecule is COc1ccc(CNC(=O)C/C(C)=N/NC(=O)c2ccc(Br)cc2)cc1. The van der Waals surface area contributed by atoms with Gasteiger partial charge in [0.15, 0.2) is 0 Å². The lowest BCUT2D eigenvalue weighted by molar-refractivity contribution is -0.120. The predicted octanol–water partition coefficient (Wildman–Crippen LogP) is 3.27. The maximum Gasteiger partial charge on any atom is 0.271 e. The molecule has 0 atom stereocenters. The summed E-state index contributed by atoms with van der Waals surface area (Å²) in [5, 5.41) is 6.78. The Kier molecular flexibility index (Phi) is 7.35. The van der Waals surface area contributed by atoms with Crippen LogP contribution in [0.1, 0.15) is 29.3 Å². The van der Waals surface area contributed by atoms with Crippen molar-refractivity contribution < 1.29 is 14.3 Å². The van der Waals surface area contributed by atoms with Crippen LogP contribution in [0.3, 0.4) is 0 Å². The van der Waals surface area contributed by atoms with Gasteiger partial charge < -0.3 is 10.1 Å². The summed E-state index contributed by atoms with van der Waals surface area (Å²) in [6.45, 7) is 2.11. The fourth-order valence-corrected chi connectivity index (χ4v) is 2.35. The van der Waals surface area contributed by atoms with Crippen molar-refractivity contribution in [2.75, 3.05) is 7.11 Å². The number of ether oxygens (including phenoxy) is 1. The molecule has 2 amide bonds. The summed E-state index contributed by atoms with van der Waals surface area (Å²) in [6.07, 6.45) is 0.108. The Morgan fingerprint density at radius 3 is 2.35 bits per heavy atom. The van der Waals surface area contributed by atoms with Crippen LogP contribution in [-0.4, -0.2) is 24.6 Å². The van der Waals surface area contributed by atoms with Crippen molar-refractivity contribution in [1.29, 1.82) is 0 Å². The highest BCUT2D eigenvalue weighted by Crippen LogP contribution is 2.11. The average Bonchev–Trinajstić information content (AvgIpc) is 2.65. The van der Waals surface area contributed by atoms with E-state index in [-0.39, 0.29) is 18.2 Å². The molecule has 0 heterocycles. The van der Waals surface area contributed by atoms with Crippen molar-refractivity contribution in [1.82, 2.24) is 10.7 Å². The van der Waals surface area contributed by atoms with Gasteiger partial charge in [-0.3, -0.25) is 9.59 Å². The van der Waals surface area contributed by atoms with Crippen molar-refractivity contribution in [3.05, 3.63) is 64.1 Å². The molecule has 0 saturated heterocycles. The average molecular weight is 418 g/mol. The summed E-state index contributed by atoms with van der Waals surface area (Å²) in [5.74, 6) is 0.278. The molecule has 0 spiro atoms. The molecule has 0 radical (unpaired) electrons. The molecule has 0 aliphatic carbocycles. The molecule has 0 unspecified atom stereocenters. The number of hydrogen-bond acceptors (Lipinski definition) is 4. The minimum absolute atomic E-state index is 0.108. The van der Waals surface area contributed by atoms with Crippen LogP contribution in [0, 0.1) is 0 Å². The van der Waals surface area contributed by atoms with Crippen molar-refractivity contribution in [2.45, 2.75) is 19.9 Å². The Labute approximate surface area is 160 Å². The van der Waals surface area contributed by atoms with Gasteiger partial charge in [0.25, 0.3) is 5.91 Å². The van der Waals surface area contributed by atoms with E-state index in [4.69, 9.17) is 4.74 Å². The highest BCUT2D eigenvalue weighted by molar-refractivity contribution is 9.10. The molecule has 0 aliphatic rings. The molecular formula is C19H20BrN3O3. The van der Waals surface area contributed by atoms with E-state index in [0.717, 1.165) is 15.8 Å². The number of nitrogens with zero attached hydrogens (tertiary/aromatic N) is 1. The zero-order valence-corrected chi connectivity index (χ0v) is 16.2. The molecule has 136 valence electrons. The number of amides is 2. The van der Waals surface area contributed by atoms with Crippen LogP contribution >= 0.6 is 15.9 Å². The number of benzene rings is 2. The number of halogens is 1. The first-order chi connectivity index (χ1) is 12.5. The van der Waals surface area contributed by atoms with Crippen LogP contribution in [0.5, 0.6) is 5.75 Å². The lowest BCUT2D eigenvalue weighted by Gasteiger charge is -2.07. The Morgan fingerprint density at radius 2 is 1.73 bits per heavy atom. The van der Waals surface area contributed by atoms with Crippen LogP contribution in [-0.2, 0) is 11.3 Å². The number of hydrazone groups is 1. The summed E-state index contributed by atoms with van der Waals surface area (Å²) in [6, 6.07) is 14.4. The molecule has 2 aromatic carbocycles. The van der Waals surface area contributed by atoms with E-state index in [0.29, 0.717) is 17.8 Å². The summed E-state index contributed by atoms with van der Waals surface area (Å²) in [4.78, 5) is 23.9. The molecule has 7 heteroatoms. The minimum Gasteiger partial charge on any atom is -0.497 e. The van der Waals surface area contributed by atoms with Crippen molar-refractivity contribution >= 4 is 33.5 Å². The minimum atomic E-state index is -0.324. The van der Waals surface area contributed by atoms with E-state index in [1.165, 1.54) is 0 Å². The normalized spacial score (nSPS) is 11.0. The first-order valence-electron chi connectivity index (χ1n) is 7.96. The Bertz CT molecular complexity index is 787. The third-order valence-corrected chi connectivity index (χ3v) is 4.05. The van der Waals surface area contributed by atoms with Gasteiger partial charge >= 0.3 is 0 Å². The molecule has 0 fully saturated rings. The Hall–Kier alpha value is -2.67. The van der Waals surface area contributed by atoms with Gasteiger partial charge in [0.05, 0.1) is 13.5 Å². The van der Waals surface area contributed by atoms with E-state index in [1.54, 1.807) is 38.3 Å². The van der Waals surface area contributed by atoms with Gasteiger partial charge in [-0.2, -0.15) is 5.10 Å². The fraction of sp³-hybridized carbons (Fsp3) is 0.211. The molecule has 0 bridgehead atoms. The molecule has 0 aliphatic heterocycles. The van der Waals surface area contributed by atoms with Crippen LogP contribution in [0.4, 0.5) is 0 Å². The predicted molar refractivity (Wildman–Crippen MR) is 104 cm³/mol. The van der Waals surface area contributed by atoms with E-state index in [9.17, 15) is 9.59 Å². The second-order valence-corrected chi connectivity index (χ2v) is 6.51. The maximum atomic E-state index is 12.0. The van der Waals surface area contributed by atoms with E-state index >= 15 is 0 Å². The summed E-state index contributed by atoms with van der Waals surface area (Å²) < 4.78 is 5.98. The summed E-state index contributed by atoms with van der Waals surface area (Å²) >= 11 is 3.31. The lowest BCUT2D eigenvalue weighted by atomic mass is 10.2. The summed E-state index contributed by atoms with van der Waals surface area (Å²) in [7, 11) is 1.61. The van der Waals surface area contributed by atoms with Gasteiger partial charge in [-0.05, 0) is 48.9 Å². The largest absolute Gasteiger partial charge is 0.497 e.